The fraction of sp³-hybridized carbons (Fsp3) is 0.500. The molecule has 0 aliphatic carbocycles. The van der Waals surface area contributed by atoms with Crippen LogP contribution in [0.4, 0.5) is 20.6 Å². The van der Waals surface area contributed by atoms with Gasteiger partial charge in [0.05, 0.1) is 30.5 Å². The Bertz CT molecular complexity index is 909. The fourth-order valence-corrected chi connectivity index (χ4v) is 3.62. The van der Waals surface area contributed by atoms with E-state index >= 15 is 0 Å². The fourth-order valence-electron chi connectivity index (χ4n) is 3.62. The van der Waals surface area contributed by atoms with Gasteiger partial charge in [-0.15, -0.1) is 0 Å². The van der Waals surface area contributed by atoms with E-state index in [-0.39, 0.29) is 24.9 Å². The van der Waals surface area contributed by atoms with E-state index in [1.807, 2.05) is 4.90 Å². The van der Waals surface area contributed by atoms with E-state index in [2.05, 4.69) is 22.2 Å². The van der Waals surface area contributed by atoms with Gasteiger partial charge in [0.25, 0.3) is 0 Å². The minimum atomic E-state index is -0.902. The van der Waals surface area contributed by atoms with Crippen LogP contribution in [0.25, 0.3) is 0 Å². The van der Waals surface area contributed by atoms with Crippen LogP contribution in [0.1, 0.15) is 26.7 Å². The zero-order chi connectivity index (χ0) is 22.6. The Morgan fingerprint density at radius 2 is 2.00 bits per heavy atom. The van der Waals surface area contributed by atoms with E-state index in [4.69, 9.17) is 4.74 Å². The molecule has 2 aliphatic rings. The van der Waals surface area contributed by atoms with Crippen molar-refractivity contribution in [2.45, 2.75) is 38.3 Å². The molecule has 1 aromatic carbocycles. The summed E-state index contributed by atoms with van der Waals surface area (Å²) in [5.41, 5.74) is 5.07. The Hall–Kier alpha value is -3.39. The standard InChI is InChI=1S/C20H25FN6O4/c1-13(28)23-10-16-11-27(19(30)31-16)15-3-4-18(17(21)9-15)26-7-5-20(12-22,6-8-26)25-24-14(2)29/h3-4,9,16,25H,5-8,10-11H2,1-2H3,(H,23,28)(H,24,29). The molecule has 1 unspecified atom stereocenters. The number of nitrogens with zero attached hydrogens (tertiary/aromatic N) is 3. The third-order valence-corrected chi connectivity index (χ3v) is 5.35. The van der Waals surface area contributed by atoms with Gasteiger partial charge in [0.15, 0.2) is 0 Å². The van der Waals surface area contributed by atoms with Gasteiger partial charge in [0, 0.05) is 26.9 Å². The maximum atomic E-state index is 14.9. The predicted molar refractivity (Wildman–Crippen MR) is 109 cm³/mol. The summed E-state index contributed by atoms with van der Waals surface area (Å²) in [6.07, 6.45) is -0.303. The van der Waals surface area contributed by atoms with Crippen molar-refractivity contribution in [3.8, 4) is 6.07 Å². The number of nitrogens with one attached hydrogen (secondary N) is 3. The summed E-state index contributed by atoms with van der Waals surface area (Å²) in [7, 11) is 0. The molecule has 2 heterocycles. The quantitative estimate of drug-likeness (QED) is 0.567. The number of hydrogen-bond donors (Lipinski definition) is 3. The minimum absolute atomic E-state index is 0.194. The van der Waals surface area contributed by atoms with Gasteiger partial charge < -0.3 is 15.0 Å². The molecule has 1 aromatic rings. The lowest BCUT2D eigenvalue weighted by Crippen LogP contribution is -2.58. The van der Waals surface area contributed by atoms with Crippen molar-refractivity contribution in [1.29, 1.82) is 5.26 Å². The first-order valence-electron chi connectivity index (χ1n) is 9.95. The van der Waals surface area contributed by atoms with Gasteiger partial charge in [0.1, 0.15) is 17.5 Å². The van der Waals surface area contributed by atoms with Gasteiger partial charge in [-0.3, -0.25) is 19.9 Å². The number of carbonyl (C=O) groups is 3. The number of benzene rings is 1. The van der Waals surface area contributed by atoms with E-state index in [0.29, 0.717) is 37.3 Å². The van der Waals surface area contributed by atoms with E-state index in [0.717, 1.165) is 0 Å². The molecule has 2 aliphatic heterocycles. The van der Waals surface area contributed by atoms with Gasteiger partial charge in [-0.1, -0.05) is 0 Å². The summed E-state index contributed by atoms with van der Waals surface area (Å²) >= 11 is 0. The SMILES string of the molecule is CC(=O)NCC1CN(c2ccc(N3CCC(C#N)(NNC(C)=O)CC3)c(F)c2)C(=O)O1. The lowest BCUT2D eigenvalue weighted by molar-refractivity contribution is -0.120. The van der Waals surface area contributed by atoms with Crippen LogP contribution in [0.3, 0.4) is 0 Å². The minimum Gasteiger partial charge on any atom is -0.442 e. The number of carbonyl (C=O) groups excluding carboxylic acids is 3. The van der Waals surface area contributed by atoms with Gasteiger partial charge in [-0.25, -0.2) is 14.6 Å². The van der Waals surface area contributed by atoms with Crippen molar-refractivity contribution in [3.05, 3.63) is 24.0 Å². The molecule has 0 aromatic heterocycles. The zero-order valence-corrected chi connectivity index (χ0v) is 17.4. The molecule has 0 saturated carbocycles. The second kappa shape index (κ2) is 9.18. The Labute approximate surface area is 179 Å². The van der Waals surface area contributed by atoms with Gasteiger partial charge >= 0.3 is 6.09 Å². The normalized spacial score (nSPS) is 20.1. The van der Waals surface area contributed by atoms with Crippen molar-refractivity contribution >= 4 is 29.3 Å². The molecule has 3 N–H and O–H groups in total. The molecule has 2 saturated heterocycles. The Kier molecular flexibility index (Phi) is 6.60. The molecular weight excluding hydrogens is 407 g/mol. The second-order valence-corrected chi connectivity index (χ2v) is 7.68. The number of ether oxygens (including phenoxy) is 1. The first kappa shape index (κ1) is 22.3. The number of hydrogen-bond acceptors (Lipinski definition) is 7. The largest absolute Gasteiger partial charge is 0.442 e. The molecule has 0 radical (unpaired) electrons. The number of piperidine rings is 1. The lowest BCUT2D eigenvalue weighted by atomic mass is 9.89. The number of hydrazine groups is 1. The second-order valence-electron chi connectivity index (χ2n) is 7.68. The Morgan fingerprint density at radius 1 is 1.29 bits per heavy atom. The van der Waals surface area contributed by atoms with Crippen molar-refractivity contribution < 1.29 is 23.5 Å². The van der Waals surface area contributed by atoms with Crippen molar-refractivity contribution in [3.63, 3.8) is 0 Å². The van der Waals surface area contributed by atoms with Crippen molar-refractivity contribution in [1.82, 2.24) is 16.2 Å². The maximum absolute atomic E-state index is 14.9. The van der Waals surface area contributed by atoms with Crippen LogP contribution in [-0.2, 0) is 14.3 Å². The number of halogens is 1. The average molecular weight is 432 g/mol. The number of amides is 3. The third kappa shape index (κ3) is 5.21. The molecular formula is C20H25FN6O4. The van der Waals surface area contributed by atoms with Crippen LogP contribution < -0.4 is 26.0 Å². The van der Waals surface area contributed by atoms with Crippen LogP contribution in [-0.4, -0.2) is 55.7 Å². The molecule has 11 heteroatoms. The predicted octanol–water partition coefficient (Wildman–Crippen LogP) is 0.790. The molecule has 166 valence electrons. The summed E-state index contributed by atoms with van der Waals surface area (Å²) in [6.45, 7) is 3.96. The van der Waals surface area contributed by atoms with Crippen LogP contribution >= 0.6 is 0 Å². The number of rotatable bonds is 6. The van der Waals surface area contributed by atoms with E-state index < -0.39 is 23.6 Å². The van der Waals surface area contributed by atoms with Crippen molar-refractivity contribution in [2.24, 2.45) is 0 Å². The van der Waals surface area contributed by atoms with Crippen LogP contribution in [0.15, 0.2) is 18.2 Å². The molecule has 3 rings (SSSR count). The molecule has 2 fully saturated rings. The summed E-state index contributed by atoms with van der Waals surface area (Å²) < 4.78 is 20.1. The molecule has 0 spiro atoms. The van der Waals surface area contributed by atoms with Crippen LogP contribution in [0.5, 0.6) is 0 Å². The Morgan fingerprint density at radius 3 is 2.58 bits per heavy atom. The first-order valence-corrected chi connectivity index (χ1v) is 9.95. The average Bonchev–Trinajstić information content (AvgIpc) is 3.12. The lowest BCUT2D eigenvalue weighted by Gasteiger charge is -2.39. The Balaban J connectivity index is 1.64. The van der Waals surface area contributed by atoms with Crippen LogP contribution in [0, 0.1) is 17.1 Å². The van der Waals surface area contributed by atoms with E-state index in [1.54, 1.807) is 12.1 Å². The number of anilines is 2. The summed E-state index contributed by atoms with van der Waals surface area (Å²) in [5.74, 6) is -1.01. The molecule has 3 amide bonds. The summed E-state index contributed by atoms with van der Waals surface area (Å²) in [6, 6.07) is 6.72. The zero-order valence-electron chi connectivity index (χ0n) is 17.4. The highest BCUT2D eigenvalue weighted by atomic mass is 19.1. The highest BCUT2D eigenvalue weighted by molar-refractivity contribution is 5.90. The molecule has 0 bridgehead atoms. The monoisotopic (exact) mass is 432 g/mol. The molecule has 1 atom stereocenters. The third-order valence-electron chi connectivity index (χ3n) is 5.35. The summed E-state index contributed by atoms with van der Waals surface area (Å²) in [5, 5.41) is 12.1. The summed E-state index contributed by atoms with van der Waals surface area (Å²) in [4.78, 5) is 37.4. The smallest absolute Gasteiger partial charge is 0.414 e. The van der Waals surface area contributed by atoms with Gasteiger partial charge in [-0.05, 0) is 31.0 Å². The highest BCUT2D eigenvalue weighted by Crippen LogP contribution is 2.31. The maximum Gasteiger partial charge on any atom is 0.414 e. The number of nitriles is 1. The molecule has 31 heavy (non-hydrogen) atoms. The highest BCUT2D eigenvalue weighted by Gasteiger charge is 2.36. The molecule has 10 nitrogen and oxygen atoms in total. The van der Waals surface area contributed by atoms with Gasteiger partial charge in [0.2, 0.25) is 11.8 Å². The van der Waals surface area contributed by atoms with E-state index in [1.165, 1.54) is 24.8 Å². The first-order chi connectivity index (χ1) is 14.7. The number of cyclic esters (lactones) is 1. The van der Waals surface area contributed by atoms with E-state index in [9.17, 15) is 24.0 Å². The van der Waals surface area contributed by atoms with Crippen molar-refractivity contribution in [2.75, 3.05) is 36.0 Å². The van der Waals surface area contributed by atoms with Crippen LogP contribution in [0.2, 0.25) is 0 Å². The van der Waals surface area contributed by atoms with Gasteiger partial charge in [-0.2, -0.15) is 5.26 Å². The topological polar surface area (TPSA) is 127 Å².